The summed E-state index contributed by atoms with van der Waals surface area (Å²) in [5.41, 5.74) is 0. The Morgan fingerprint density at radius 2 is 2.06 bits per heavy atom. The monoisotopic (exact) mass is 268 g/mol. The Labute approximate surface area is 114 Å². The highest BCUT2D eigenvalue weighted by atomic mass is 32.1. The summed E-state index contributed by atoms with van der Waals surface area (Å²) in [5.74, 6) is 0.858. The highest BCUT2D eigenvalue weighted by Crippen LogP contribution is 2.33. The first kappa shape index (κ1) is 14.0. The molecule has 4 heteroatoms. The number of aliphatic hydroxyl groups is 1. The van der Waals surface area contributed by atoms with Gasteiger partial charge in [0.25, 0.3) is 0 Å². The van der Waals surface area contributed by atoms with Gasteiger partial charge in [-0.2, -0.15) is 0 Å². The Morgan fingerprint density at radius 3 is 2.61 bits per heavy atom. The van der Waals surface area contributed by atoms with Gasteiger partial charge in [0.1, 0.15) is 0 Å². The lowest BCUT2D eigenvalue weighted by atomic mass is 9.97. The first-order chi connectivity index (χ1) is 8.61. The van der Waals surface area contributed by atoms with Crippen LogP contribution in [0.5, 0.6) is 0 Å². The summed E-state index contributed by atoms with van der Waals surface area (Å²) < 4.78 is 0. The van der Waals surface area contributed by atoms with E-state index in [1.54, 1.807) is 11.3 Å². The number of rotatable bonds is 4. The highest BCUT2D eigenvalue weighted by Gasteiger charge is 2.24. The Balaban J connectivity index is 1.95. The number of thiazole rings is 1. The molecular weight excluding hydrogens is 244 g/mol. The highest BCUT2D eigenvalue weighted by molar-refractivity contribution is 7.11. The molecule has 1 aliphatic rings. The van der Waals surface area contributed by atoms with E-state index in [-0.39, 0.29) is 12.5 Å². The topological polar surface area (TPSA) is 36.4 Å². The largest absolute Gasteiger partial charge is 0.396 e. The lowest BCUT2D eigenvalue weighted by molar-refractivity contribution is 0.172. The Hall–Kier alpha value is -0.450. The lowest BCUT2D eigenvalue weighted by Crippen LogP contribution is -2.37. The van der Waals surface area contributed by atoms with Crippen LogP contribution in [0.1, 0.15) is 55.3 Å². The Morgan fingerprint density at radius 1 is 1.39 bits per heavy atom. The molecule has 1 aromatic heterocycles. The molecule has 2 rings (SSSR count). The van der Waals surface area contributed by atoms with Crippen LogP contribution in [0, 0.1) is 0 Å². The molecule has 1 saturated heterocycles. The van der Waals surface area contributed by atoms with Crippen molar-refractivity contribution in [2.45, 2.75) is 51.5 Å². The van der Waals surface area contributed by atoms with Crippen molar-refractivity contribution in [2.24, 2.45) is 0 Å². The maximum absolute atomic E-state index is 9.18. The SMILES string of the molecule is CC(CO)c1cnc(C2CCN(C(C)C)CC2)s1. The van der Waals surface area contributed by atoms with E-state index in [1.807, 2.05) is 6.20 Å². The van der Waals surface area contributed by atoms with Crippen LogP contribution >= 0.6 is 11.3 Å². The van der Waals surface area contributed by atoms with Gasteiger partial charge in [-0.3, -0.25) is 0 Å². The van der Waals surface area contributed by atoms with Crippen LogP contribution in [0.15, 0.2) is 6.20 Å². The zero-order valence-electron chi connectivity index (χ0n) is 11.6. The first-order valence-corrected chi connectivity index (χ1v) is 7.74. The average Bonchev–Trinajstić information content (AvgIpc) is 2.87. The molecule has 102 valence electrons. The minimum atomic E-state index is 0.216. The number of piperidine rings is 1. The normalized spacial score (nSPS) is 20.5. The van der Waals surface area contributed by atoms with Gasteiger partial charge >= 0.3 is 0 Å². The maximum atomic E-state index is 9.18. The summed E-state index contributed by atoms with van der Waals surface area (Å²) >= 11 is 1.79. The molecule has 1 fully saturated rings. The fourth-order valence-electron chi connectivity index (χ4n) is 2.47. The van der Waals surface area contributed by atoms with Crippen molar-refractivity contribution in [1.82, 2.24) is 9.88 Å². The molecule has 1 unspecified atom stereocenters. The summed E-state index contributed by atoms with van der Waals surface area (Å²) in [7, 11) is 0. The molecule has 1 aliphatic heterocycles. The zero-order valence-corrected chi connectivity index (χ0v) is 12.4. The van der Waals surface area contributed by atoms with Crippen molar-refractivity contribution in [3.05, 3.63) is 16.1 Å². The van der Waals surface area contributed by atoms with Gasteiger partial charge in [-0.15, -0.1) is 11.3 Å². The molecule has 0 aliphatic carbocycles. The summed E-state index contributed by atoms with van der Waals surface area (Å²) in [4.78, 5) is 8.33. The first-order valence-electron chi connectivity index (χ1n) is 6.92. The Kier molecular flexibility index (Phi) is 4.76. The summed E-state index contributed by atoms with van der Waals surface area (Å²) in [5, 5.41) is 10.4. The van der Waals surface area contributed by atoms with E-state index in [0.717, 1.165) is 0 Å². The van der Waals surface area contributed by atoms with E-state index in [0.29, 0.717) is 12.0 Å². The molecule has 1 aromatic rings. The molecular formula is C14H24N2OS. The zero-order chi connectivity index (χ0) is 13.1. The summed E-state index contributed by atoms with van der Waals surface area (Å²) in [6.45, 7) is 9.18. The molecule has 0 amide bonds. The van der Waals surface area contributed by atoms with E-state index in [2.05, 4.69) is 30.7 Å². The second kappa shape index (κ2) is 6.13. The van der Waals surface area contributed by atoms with Gasteiger partial charge in [0, 0.05) is 29.0 Å². The number of nitrogens with zero attached hydrogens (tertiary/aromatic N) is 2. The molecule has 1 atom stereocenters. The van der Waals surface area contributed by atoms with Crippen LogP contribution in [-0.4, -0.2) is 40.7 Å². The van der Waals surface area contributed by atoms with Gasteiger partial charge in [-0.1, -0.05) is 6.92 Å². The van der Waals surface area contributed by atoms with Crippen LogP contribution in [0.3, 0.4) is 0 Å². The van der Waals surface area contributed by atoms with Crippen molar-refractivity contribution in [2.75, 3.05) is 19.7 Å². The third kappa shape index (κ3) is 3.11. The summed E-state index contributed by atoms with van der Waals surface area (Å²) in [6.07, 6.45) is 4.40. The third-order valence-electron chi connectivity index (χ3n) is 3.91. The molecule has 1 N–H and O–H groups in total. The van der Waals surface area contributed by atoms with E-state index >= 15 is 0 Å². The second-order valence-corrected chi connectivity index (χ2v) is 6.68. The molecule has 0 saturated carbocycles. The second-order valence-electron chi connectivity index (χ2n) is 5.59. The van der Waals surface area contributed by atoms with E-state index in [1.165, 1.54) is 35.8 Å². The average molecular weight is 268 g/mol. The quantitative estimate of drug-likeness (QED) is 0.912. The standard InChI is InChI=1S/C14H24N2OS/c1-10(2)16-6-4-12(5-7-16)14-15-8-13(18-14)11(3)9-17/h8,10-12,17H,4-7,9H2,1-3H3. The van der Waals surface area contributed by atoms with Crippen LogP contribution in [0.4, 0.5) is 0 Å². The minimum absolute atomic E-state index is 0.216. The number of hydrogen-bond donors (Lipinski definition) is 1. The van der Waals surface area contributed by atoms with Crippen molar-refractivity contribution in [3.8, 4) is 0 Å². The fourth-order valence-corrected chi connectivity index (χ4v) is 3.60. The lowest BCUT2D eigenvalue weighted by Gasteiger charge is -2.33. The predicted octanol–water partition coefficient (Wildman–Crippen LogP) is 2.83. The van der Waals surface area contributed by atoms with Gasteiger partial charge in [-0.05, 0) is 39.8 Å². The van der Waals surface area contributed by atoms with Crippen molar-refractivity contribution in [1.29, 1.82) is 0 Å². The molecule has 0 spiro atoms. The van der Waals surface area contributed by atoms with Crippen LogP contribution < -0.4 is 0 Å². The van der Waals surface area contributed by atoms with Crippen LogP contribution in [0.25, 0.3) is 0 Å². The van der Waals surface area contributed by atoms with Gasteiger partial charge in [-0.25, -0.2) is 4.98 Å². The van der Waals surface area contributed by atoms with Crippen LogP contribution in [0.2, 0.25) is 0 Å². The fraction of sp³-hybridized carbons (Fsp3) is 0.786. The summed E-state index contributed by atoms with van der Waals surface area (Å²) in [6, 6.07) is 0.659. The molecule has 0 bridgehead atoms. The number of aromatic nitrogens is 1. The van der Waals surface area contributed by atoms with Crippen molar-refractivity contribution in [3.63, 3.8) is 0 Å². The molecule has 18 heavy (non-hydrogen) atoms. The number of aliphatic hydroxyl groups excluding tert-OH is 1. The predicted molar refractivity (Wildman–Crippen MR) is 76.3 cm³/mol. The van der Waals surface area contributed by atoms with Gasteiger partial charge in [0.2, 0.25) is 0 Å². The third-order valence-corrected chi connectivity index (χ3v) is 5.30. The van der Waals surface area contributed by atoms with Crippen molar-refractivity contribution >= 4 is 11.3 Å². The maximum Gasteiger partial charge on any atom is 0.0959 e. The van der Waals surface area contributed by atoms with E-state index < -0.39 is 0 Å². The molecule has 0 aromatic carbocycles. The number of likely N-dealkylation sites (tertiary alicyclic amines) is 1. The van der Waals surface area contributed by atoms with Crippen LogP contribution in [-0.2, 0) is 0 Å². The van der Waals surface area contributed by atoms with E-state index in [9.17, 15) is 5.11 Å². The minimum Gasteiger partial charge on any atom is -0.396 e. The molecule has 3 nitrogen and oxygen atoms in total. The molecule has 0 radical (unpaired) electrons. The molecule has 2 heterocycles. The smallest absolute Gasteiger partial charge is 0.0959 e. The van der Waals surface area contributed by atoms with E-state index in [4.69, 9.17) is 0 Å². The van der Waals surface area contributed by atoms with Gasteiger partial charge in [0.05, 0.1) is 11.6 Å². The van der Waals surface area contributed by atoms with Crippen molar-refractivity contribution < 1.29 is 5.11 Å². The van der Waals surface area contributed by atoms with Gasteiger partial charge in [0.15, 0.2) is 0 Å². The number of hydrogen-bond acceptors (Lipinski definition) is 4. The van der Waals surface area contributed by atoms with Gasteiger partial charge < -0.3 is 10.0 Å². The Bertz CT molecular complexity index is 370.